The lowest BCUT2D eigenvalue weighted by Gasteiger charge is -2.23. The number of sulfone groups is 1. The maximum absolute atomic E-state index is 12.8. The Balaban J connectivity index is 2.04. The molecule has 0 aliphatic carbocycles. The first kappa shape index (κ1) is 16.4. The summed E-state index contributed by atoms with van der Waals surface area (Å²) >= 11 is 0. The minimum atomic E-state index is -3.87. The molecule has 1 aliphatic rings. The summed E-state index contributed by atoms with van der Waals surface area (Å²) in [6.45, 7) is 3.51. The molecule has 3 rings (SSSR count). The first-order valence-corrected chi connectivity index (χ1v) is 10.5. The average Bonchev–Trinajstić information content (AvgIpc) is 2.70. The second-order valence-electron chi connectivity index (χ2n) is 6.35. The van der Waals surface area contributed by atoms with E-state index in [0.29, 0.717) is 5.52 Å². The quantitative estimate of drug-likeness (QED) is 0.899. The molecule has 0 amide bonds. The zero-order chi connectivity index (χ0) is 16.9. The van der Waals surface area contributed by atoms with E-state index < -0.39 is 25.4 Å². The molecule has 1 fully saturated rings. The fourth-order valence-electron chi connectivity index (χ4n) is 2.93. The number of aromatic nitrogens is 1. The maximum Gasteiger partial charge on any atom is 0.243 e. The van der Waals surface area contributed by atoms with Gasteiger partial charge in [-0.2, -0.15) is 0 Å². The van der Waals surface area contributed by atoms with Crippen LogP contribution in [0.15, 0.2) is 35.4 Å². The lowest BCUT2D eigenvalue weighted by Crippen LogP contribution is -2.46. The Bertz CT molecular complexity index is 984. The van der Waals surface area contributed by atoms with Gasteiger partial charge in [0.05, 0.1) is 17.0 Å². The van der Waals surface area contributed by atoms with Gasteiger partial charge in [0, 0.05) is 17.1 Å². The fraction of sp³-hybridized carbons (Fsp3) is 0.400. The van der Waals surface area contributed by atoms with Gasteiger partial charge in [0.25, 0.3) is 0 Å². The van der Waals surface area contributed by atoms with Crippen LogP contribution in [0.25, 0.3) is 10.9 Å². The van der Waals surface area contributed by atoms with E-state index in [0.717, 1.165) is 10.9 Å². The van der Waals surface area contributed by atoms with Crippen LogP contribution < -0.4 is 4.72 Å². The Labute approximate surface area is 135 Å². The van der Waals surface area contributed by atoms with Crippen molar-refractivity contribution in [3.8, 4) is 0 Å². The van der Waals surface area contributed by atoms with Gasteiger partial charge in [-0.15, -0.1) is 0 Å². The van der Waals surface area contributed by atoms with Crippen LogP contribution in [0.1, 0.15) is 18.9 Å². The van der Waals surface area contributed by atoms with Gasteiger partial charge >= 0.3 is 0 Å². The lowest BCUT2D eigenvalue weighted by molar-refractivity contribution is 0.462. The zero-order valence-corrected chi connectivity index (χ0v) is 14.5. The molecule has 23 heavy (non-hydrogen) atoms. The Morgan fingerprint density at radius 3 is 2.70 bits per heavy atom. The molecule has 2 heterocycles. The van der Waals surface area contributed by atoms with E-state index in [4.69, 9.17) is 0 Å². The summed E-state index contributed by atoms with van der Waals surface area (Å²) in [5.74, 6) is -0.185. The zero-order valence-electron chi connectivity index (χ0n) is 12.9. The number of fused-ring (bicyclic) bond motifs is 1. The van der Waals surface area contributed by atoms with Crippen molar-refractivity contribution < 1.29 is 16.8 Å². The van der Waals surface area contributed by atoms with Crippen molar-refractivity contribution in [3.05, 3.63) is 36.0 Å². The molecule has 8 heteroatoms. The SMILES string of the molecule is Cc1cnc2c(S(=O)(=O)NC3(C)CCS(=O)(=O)C3)cccc2c1. The van der Waals surface area contributed by atoms with Crippen LogP contribution >= 0.6 is 0 Å². The molecule has 0 saturated carbocycles. The summed E-state index contributed by atoms with van der Waals surface area (Å²) in [5.41, 5.74) is 0.341. The van der Waals surface area contributed by atoms with Gasteiger partial charge in [-0.3, -0.25) is 4.98 Å². The molecule has 1 aromatic carbocycles. The molecule has 0 spiro atoms. The topological polar surface area (TPSA) is 93.2 Å². The Morgan fingerprint density at radius 1 is 1.30 bits per heavy atom. The number of nitrogens with zero attached hydrogens (tertiary/aromatic N) is 1. The van der Waals surface area contributed by atoms with Crippen LogP contribution in [-0.4, -0.2) is 38.9 Å². The summed E-state index contributed by atoms with van der Waals surface area (Å²) < 4.78 is 51.4. The number of para-hydroxylation sites is 1. The molecule has 2 aromatic rings. The van der Waals surface area contributed by atoms with Crippen molar-refractivity contribution in [1.29, 1.82) is 0 Å². The number of benzene rings is 1. The van der Waals surface area contributed by atoms with Gasteiger partial charge in [0.2, 0.25) is 10.0 Å². The Kier molecular flexibility index (Phi) is 3.74. The molecular formula is C15H18N2O4S2. The van der Waals surface area contributed by atoms with E-state index >= 15 is 0 Å². The minimum absolute atomic E-state index is 0.000990. The van der Waals surface area contributed by atoms with Gasteiger partial charge in [-0.1, -0.05) is 12.1 Å². The van der Waals surface area contributed by atoms with Gasteiger partial charge in [-0.25, -0.2) is 21.6 Å². The van der Waals surface area contributed by atoms with Gasteiger partial charge in [0.15, 0.2) is 9.84 Å². The Hall–Kier alpha value is -1.51. The van der Waals surface area contributed by atoms with Crippen LogP contribution in [0, 0.1) is 6.92 Å². The first-order chi connectivity index (χ1) is 10.6. The third-order valence-corrected chi connectivity index (χ3v) is 7.56. The number of rotatable bonds is 3. The molecule has 1 aliphatic heterocycles. The van der Waals surface area contributed by atoms with Crippen molar-refractivity contribution in [2.75, 3.05) is 11.5 Å². The van der Waals surface area contributed by atoms with Crippen LogP contribution in [0.4, 0.5) is 0 Å². The second-order valence-corrected chi connectivity index (χ2v) is 10.2. The molecule has 1 atom stereocenters. The van der Waals surface area contributed by atoms with Crippen LogP contribution in [-0.2, 0) is 19.9 Å². The van der Waals surface area contributed by atoms with E-state index in [2.05, 4.69) is 9.71 Å². The highest BCUT2D eigenvalue weighted by Gasteiger charge is 2.41. The summed E-state index contributed by atoms with van der Waals surface area (Å²) in [4.78, 5) is 4.31. The lowest BCUT2D eigenvalue weighted by atomic mass is 10.0. The molecule has 1 unspecified atom stereocenters. The predicted molar refractivity (Wildman–Crippen MR) is 88.5 cm³/mol. The summed E-state index contributed by atoms with van der Waals surface area (Å²) in [5, 5.41) is 0.733. The summed E-state index contributed by atoms with van der Waals surface area (Å²) in [6, 6.07) is 6.81. The highest BCUT2D eigenvalue weighted by molar-refractivity contribution is 7.92. The molecule has 1 N–H and O–H groups in total. The van der Waals surface area contributed by atoms with E-state index in [1.54, 1.807) is 25.3 Å². The van der Waals surface area contributed by atoms with Gasteiger partial charge in [0.1, 0.15) is 4.90 Å². The highest BCUT2D eigenvalue weighted by atomic mass is 32.2. The van der Waals surface area contributed by atoms with E-state index in [-0.39, 0.29) is 22.8 Å². The van der Waals surface area contributed by atoms with Crippen molar-refractivity contribution in [1.82, 2.24) is 9.71 Å². The maximum atomic E-state index is 12.8. The smallest absolute Gasteiger partial charge is 0.243 e. The molecule has 124 valence electrons. The molecular weight excluding hydrogens is 336 g/mol. The molecule has 0 bridgehead atoms. The summed E-state index contributed by atoms with van der Waals surface area (Å²) in [7, 11) is -7.07. The first-order valence-electron chi connectivity index (χ1n) is 7.20. The third kappa shape index (κ3) is 3.24. The van der Waals surface area contributed by atoms with Gasteiger partial charge < -0.3 is 0 Å². The monoisotopic (exact) mass is 354 g/mol. The average molecular weight is 354 g/mol. The van der Waals surface area contributed by atoms with E-state index in [9.17, 15) is 16.8 Å². The number of aryl methyl sites for hydroxylation is 1. The van der Waals surface area contributed by atoms with Crippen molar-refractivity contribution >= 4 is 30.8 Å². The number of hydrogen-bond acceptors (Lipinski definition) is 5. The normalized spacial score (nSPS) is 24.1. The molecule has 6 nitrogen and oxygen atoms in total. The van der Waals surface area contributed by atoms with Crippen LogP contribution in [0.3, 0.4) is 0 Å². The standard InChI is InChI=1S/C15H18N2O4S2/c1-11-8-12-4-3-5-13(14(12)16-9-11)23(20,21)17-15(2)6-7-22(18,19)10-15/h3-5,8-9,17H,6-7,10H2,1-2H3. The third-order valence-electron chi connectivity index (χ3n) is 3.98. The Morgan fingerprint density at radius 2 is 2.04 bits per heavy atom. The highest BCUT2D eigenvalue weighted by Crippen LogP contribution is 2.27. The molecule has 1 saturated heterocycles. The van der Waals surface area contributed by atoms with Crippen molar-refractivity contribution in [2.45, 2.75) is 30.7 Å². The second kappa shape index (κ2) is 5.25. The van der Waals surface area contributed by atoms with Crippen LogP contribution in [0.2, 0.25) is 0 Å². The van der Waals surface area contributed by atoms with Crippen LogP contribution in [0.5, 0.6) is 0 Å². The van der Waals surface area contributed by atoms with Crippen molar-refractivity contribution in [2.24, 2.45) is 0 Å². The number of pyridine rings is 1. The number of hydrogen-bond donors (Lipinski definition) is 1. The van der Waals surface area contributed by atoms with E-state index in [1.165, 1.54) is 6.07 Å². The predicted octanol–water partition coefficient (Wildman–Crippen LogP) is 1.40. The summed E-state index contributed by atoms with van der Waals surface area (Å²) in [6.07, 6.45) is 1.88. The fourth-order valence-corrected chi connectivity index (χ4v) is 6.73. The minimum Gasteiger partial charge on any atom is -0.255 e. The van der Waals surface area contributed by atoms with E-state index in [1.807, 2.05) is 13.0 Å². The van der Waals surface area contributed by atoms with Crippen molar-refractivity contribution in [3.63, 3.8) is 0 Å². The molecule has 0 radical (unpaired) electrons. The number of sulfonamides is 1. The number of nitrogens with one attached hydrogen (secondary N) is 1. The van der Waals surface area contributed by atoms with Gasteiger partial charge in [-0.05, 0) is 38.0 Å². The largest absolute Gasteiger partial charge is 0.255 e. The molecule has 1 aromatic heterocycles.